The van der Waals surface area contributed by atoms with Crippen LogP contribution in [-0.2, 0) is 19.0 Å². The maximum atomic E-state index is 11.6. The second-order valence-corrected chi connectivity index (χ2v) is 3.95. The molecule has 0 aromatic rings. The Morgan fingerprint density at radius 3 is 2.44 bits per heavy atom. The topological polar surface area (TPSA) is 56.8 Å². The highest BCUT2D eigenvalue weighted by atomic mass is 16.5. The van der Waals surface area contributed by atoms with Crippen LogP contribution >= 0.6 is 0 Å². The van der Waals surface area contributed by atoms with E-state index in [1.54, 1.807) is 21.1 Å². The Balaban J connectivity index is 4.14. The molecule has 1 N–H and O–H groups in total. The minimum Gasteiger partial charge on any atom is -0.468 e. The van der Waals surface area contributed by atoms with E-state index in [0.29, 0.717) is 19.6 Å². The molecule has 5 nitrogen and oxygen atoms in total. The molecular formula is C11H23NO4. The van der Waals surface area contributed by atoms with Crippen molar-refractivity contribution in [3.8, 4) is 0 Å². The van der Waals surface area contributed by atoms with Crippen LogP contribution in [0.4, 0.5) is 0 Å². The molecule has 0 aromatic carbocycles. The zero-order valence-corrected chi connectivity index (χ0v) is 10.8. The first-order valence-electron chi connectivity index (χ1n) is 5.38. The van der Waals surface area contributed by atoms with Crippen molar-refractivity contribution in [2.75, 3.05) is 34.5 Å². The number of likely N-dealkylation sites (N-methyl/N-ethyl adjacent to an activating group) is 1. The lowest BCUT2D eigenvalue weighted by molar-refractivity contribution is -0.149. The van der Waals surface area contributed by atoms with E-state index in [0.717, 1.165) is 0 Å². The van der Waals surface area contributed by atoms with Crippen molar-refractivity contribution in [3.63, 3.8) is 0 Å². The van der Waals surface area contributed by atoms with Crippen LogP contribution in [0.1, 0.15) is 20.3 Å². The Bertz CT molecular complexity index is 210. The molecule has 2 unspecified atom stereocenters. The summed E-state index contributed by atoms with van der Waals surface area (Å²) < 4.78 is 15.1. The van der Waals surface area contributed by atoms with Gasteiger partial charge in [0.1, 0.15) is 5.54 Å². The largest absolute Gasteiger partial charge is 0.468 e. The van der Waals surface area contributed by atoms with Gasteiger partial charge in [0, 0.05) is 13.5 Å². The average molecular weight is 233 g/mol. The summed E-state index contributed by atoms with van der Waals surface area (Å²) in [5.41, 5.74) is -0.707. The monoisotopic (exact) mass is 233 g/mol. The van der Waals surface area contributed by atoms with Crippen LogP contribution in [0.25, 0.3) is 0 Å². The number of ether oxygens (including phenoxy) is 3. The van der Waals surface area contributed by atoms with Gasteiger partial charge in [0.25, 0.3) is 0 Å². The third-order valence-corrected chi connectivity index (χ3v) is 2.57. The molecule has 0 saturated heterocycles. The smallest absolute Gasteiger partial charge is 0.325 e. The fourth-order valence-electron chi connectivity index (χ4n) is 1.48. The predicted octanol–water partition coefficient (Wildman–Crippen LogP) is 0.579. The zero-order valence-electron chi connectivity index (χ0n) is 10.8. The minimum atomic E-state index is -0.707. The van der Waals surface area contributed by atoms with Crippen LogP contribution in [0.3, 0.4) is 0 Å². The van der Waals surface area contributed by atoms with Gasteiger partial charge >= 0.3 is 5.97 Å². The van der Waals surface area contributed by atoms with Gasteiger partial charge in [0.05, 0.1) is 26.4 Å². The van der Waals surface area contributed by atoms with E-state index in [2.05, 4.69) is 5.32 Å². The molecule has 0 spiro atoms. The second kappa shape index (κ2) is 7.60. The summed E-state index contributed by atoms with van der Waals surface area (Å²) in [6, 6.07) is 0. The van der Waals surface area contributed by atoms with E-state index in [9.17, 15) is 4.79 Å². The highest BCUT2D eigenvalue weighted by Gasteiger charge is 2.34. The van der Waals surface area contributed by atoms with Crippen molar-refractivity contribution >= 4 is 5.97 Å². The summed E-state index contributed by atoms with van der Waals surface area (Å²) in [4.78, 5) is 11.6. The van der Waals surface area contributed by atoms with Crippen LogP contribution in [0.2, 0.25) is 0 Å². The molecule has 0 rings (SSSR count). The van der Waals surface area contributed by atoms with Gasteiger partial charge in [-0.2, -0.15) is 0 Å². The number of methoxy groups -OCH3 is 2. The maximum Gasteiger partial charge on any atom is 0.325 e. The number of hydrogen-bond donors (Lipinski definition) is 1. The minimum absolute atomic E-state index is 0.0355. The number of carbonyl (C=O) groups is 1. The molecule has 2 atom stereocenters. The third-order valence-electron chi connectivity index (χ3n) is 2.57. The zero-order chi connectivity index (χ0) is 12.6. The highest BCUT2D eigenvalue weighted by Crippen LogP contribution is 2.15. The fourth-order valence-corrected chi connectivity index (χ4v) is 1.48. The van der Waals surface area contributed by atoms with Gasteiger partial charge in [-0.15, -0.1) is 0 Å². The van der Waals surface area contributed by atoms with E-state index < -0.39 is 5.54 Å². The van der Waals surface area contributed by atoms with Crippen LogP contribution < -0.4 is 5.32 Å². The van der Waals surface area contributed by atoms with Gasteiger partial charge in [-0.1, -0.05) is 0 Å². The molecule has 0 aliphatic rings. The van der Waals surface area contributed by atoms with E-state index in [1.165, 1.54) is 7.11 Å². The maximum absolute atomic E-state index is 11.6. The van der Waals surface area contributed by atoms with Crippen LogP contribution in [-0.4, -0.2) is 52.1 Å². The molecule has 0 bridgehead atoms. The van der Waals surface area contributed by atoms with Crippen LogP contribution in [0.5, 0.6) is 0 Å². The second-order valence-electron chi connectivity index (χ2n) is 3.95. The Morgan fingerprint density at radius 1 is 1.38 bits per heavy atom. The van der Waals surface area contributed by atoms with Crippen molar-refractivity contribution in [2.24, 2.45) is 0 Å². The Morgan fingerprint density at radius 2 is 2.00 bits per heavy atom. The van der Waals surface area contributed by atoms with Gasteiger partial charge in [-0.25, -0.2) is 0 Å². The molecule has 0 amide bonds. The first-order chi connectivity index (χ1) is 7.50. The lowest BCUT2D eigenvalue weighted by Gasteiger charge is -2.29. The Labute approximate surface area is 97.4 Å². The summed E-state index contributed by atoms with van der Waals surface area (Å²) in [6.07, 6.45) is 0.520. The molecule has 0 heterocycles. The fraction of sp³-hybridized carbons (Fsp3) is 0.909. The molecule has 96 valence electrons. The lowest BCUT2D eigenvalue weighted by atomic mass is 9.95. The van der Waals surface area contributed by atoms with E-state index in [1.807, 2.05) is 6.92 Å². The van der Waals surface area contributed by atoms with Crippen LogP contribution in [0.15, 0.2) is 0 Å². The Hall–Kier alpha value is -0.650. The van der Waals surface area contributed by atoms with Crippen molar-refractivity contribution < 1.29 is 19.0 Å². The van der Waals surface area contributed by atoms with Gasteiger partial charge in [-0.3, -0.25) is 4.79 Å². The average Bonchev–Trinajstić information content (AvgIpc) is 2.28. The molecule has 0 aliphatic heterocycles. The van der Waals surface area contributed by atoms with Gasteiger partial charge in [0.2, 0.25) is 0 Å². The highest BCUT2D eigenvalue weighted by molar-refractivity contribution is 5.80. The predicted molar refractivity (Wildman–Crippen MR) is 61.4 cm³/mol. The molecule has 16 heavy (non-hydrogen) atoms. The SMILES string of the molecule is CNC(C)(CC(C)OCCOC)C(=O)OC. The number of esters is 1. The van der Waals surface area contributed by atoms with E-state index in [-0.39, 0.29) is 12.1 Å². The van der Waals surface area contributed by atoms with Gasteiger partial charge < -0.3 is 19.5 Å². The number of hydrogen-bond acceptors (Lipinski definition) is 5. The van der Waals surface area contributed by atoms with Crippen LogP contribution in [0, 0.1) is 0 Å². The van der Waals surface area contributed by atoms with E-state index in [4.69, 9.17) is 14.2 Å². The summed E-state index contributed by atoms with van der Waals surface area (Å²) >= 11 is 0. The van der Waals surface area contributed by atoms with E-state index >= 15 is 0 Å². The summed E-state index contributed by atoms with van der Waals surface area (Å²) in [6.45, 7) is 4.81. The van der Waals surface area contributed by atoms with Crippen molar-refractivity contribution in [2.45, 2.75) is 31.9 Å². The number of nitrogens with one attached hydrogen (secondary N) is 1. The Kier molecular flexibility index (Phi) is 7.29. The van der Waals surface area contributed by atoms with Gasteiger partial charge in [0.15, 0.2) is 0 Å². The summed E-state index contributed by atoms with van der Waals surface area (Å²) in [5, 5.41) is 2.96. The third kappa shape index (κ3) is 4.92. The lowest BCUT2D eigenvalue weighted by Crippen LogP contribution is -2.50. The first kappa shape index (κ1) is 15.3. The molecule has 0 aliphatic carbocycles. The van der Waals surface area contributed by atoms with Crippen molar-refractivity contribution in [3.05, 3.63) is 0 Å². The molecular weight excluding hydrogens is 210 g/mol. The molecule has 0 radical (unpaired) electrons. The standard InChI is InChI=1S/C11H23NO4/c1-9(16-7-6-14-4)8-11(2,12-3)10(13)15-5/h9,12H,6-8H2,1-5H3. The first-order valence-corrected chi connectivity index (χ1v) is 5.38. The summed E-state index contributed by atoms with van der Waals surface area (Å²) in [7, 11) is 4.74. The number of carbonyl (C=O) groups excluding carboxylic acids is 1. The normalized spacial score (nSPS) is 16.6. The van der Waals surface area contributed by atoms with Crippen molar-refractivity contribution in [1.82, 2.24) is 5.32 Å². The molecule has 0 fully saturated rings. The molecule has 5 heteroatoms. The van der Waals surface area contributed by atoms with Gasteiger partial charge in [-0.05, 0) is 20.9 Å². The van der Waals surface area contributed by atoms with Crippen molar-refractivity contribution in [1.29, 1.82) is 0 Å². The molecule has 0 saturated carbocycles. The quantitative estimate of drug-likeness (QED) is 0.491. The summed E-state index contributed by atoms with van der Waals surface area (Å²) in [5.74, 6) is -0.280. The molecule has 0 aromatic heterocycles. The number of rotatable bonds is 8.